The molecule has 0 saturated carbocycles. The Morgan fingerprint density at radius 2 is 2.00 bits per heavy atom. The third-order valence-electron chi connectivity index (χ3n) is 4.30. The standard InChI is InChI=1S/C15H33N3O/c1-4-9-16-14(8-12-19)13-17(3)15-6-10-18(5-2)11-7-15/h14-16,19H,4-13H2,1-3H3. The first-order valence-corrected chi connectivity index (χ1v) is 7.98. The van der Waals surface area contributed by atoms with Crippen molar-refractivity contribution in [3.63, 3.8) is 0 Å². The van der Waals surface area contributed by atoms with Gasteiger partial charge in [0, 0.05) is 25.2 Å². The number of piperidine rings is 1. The first kappa shape index (κ1) is 16.9. The summed E-state index contributed by atoms with van der Waals surface area (Å²) >= 11 is 0. The first-order valence-electron chi connectivity index (χ1n) is 7.98. The summed E-state index contributed by atoms with van der Waals surface area (Å²) < 4.78 is 0. The van der Waals surface area contributed by atoms with Crippen molar-refractivity contribution in [3.8, 4) is 0 Å². The van der Waals surface area contributed by atoms with Gasteiger partial charge < -0.3 is 20.2 Å². The maximum atomic E-state index is 9.16. The topological polar surface area (TPSA) is 38.7 Å². The minimum absolute atomic E-state index is 0.281. The molecule has 1 rings (SSSR count). The van der Waals surface area contributed by atoms with Crippen LogP contribution >= 0.6 is 0 Å². The number of hydrogen-bond donors (Lipinski definition) is 2. The van der Waals surface area contributed by atoms with Crippen LogP contribution in [0.4, 0.5) is 0 Å². The molecule has 0 amide bonds. The summed E-state index contributed by atoms with van der Waals surface area (Å²) in [5.41, 5.74) is 0. The zero-order chi connectivity index (χ0) is 14.1. The molecule has 0 aromatic rings. The number of likely N-dealkylation sites (N-methyl/N-ethyl adjacent to an activating group) is 1. The van der Waals surface area contributed by atoms with Crippen LogP contribution in [0.5, 0.6) is 0 Å². The van der Waals surface area contributed by atoms with Crippen molar-refractivity contribution in [2.24, 2.45) is 0 Å². The second kappa shape index (κ2) is 9.70. The molecule has 0 radical (unpaired) electrons. The summed E-state index contributed by atoms with van der Waals surface area (Å²) in [5.74, 6) is 0. The average Bonchev–Trinajstić information content (AvgIpc) is 2.45. The normalized spacial score (nSPS) is 20.1. The average molecular weight is 271 g/mol. The molecule has 1 aliphatic heterocycles. The molecule has 0 aromatic carbocycles. The van der Waals surface area contributed by atoms with E-state index in [-0.39, 0.29) is 6.61 Å². The van der Waals surface area contributed by atoms with Crippen LogP contribution in [0, 0.1) is 0 Å². The van der Waals surface area contributed by atoms with E-state index in [1.165, 1.54) is 32.5 Å². The van der Waals surface area contributed by atoms with Crippen LogP contribution in [0.1, 0.15) is 39.5 Å². The van der Waals surface area contributed by atoms with E-state index in [1.807, 2.05) is 0 Å². The number of rotatable bonds is 9. The van der Waals surface area contributed by atoms with Gasteiger partial charge in [0.1, 0.15) is 0 Å². The zero-order valence-electron chi connectivity index (χ0n) is 13.1. The predicted molar refractivity (Wildman–Crippen MR) is 81.6 cm³/mol. The van der Waals surface area contributed by atoms with Crippen molar-refractivity contribution in [2.75, 3.05) is 46.4 Å². The molecule has 0 spiro atoms. The lowest BCUT2D eigenvalue weighted by Gasteiger charge is -2.37. The molecular formula is C15H33N3O. The van der Waals surface area contributed by atoms with Gasteiger partial charge in [-0.15, -0.1) is 0 Å². The highest BCUT2D eigenvalue weighted by atomic mass is 16.3. The highest BCUT2D eigenvalue weighted by Gasteiger charge is 2.23. The molecule has 4 heteroatoms. The first-order chi connectivity index (χ1) is 9.21. The fourth-order valence-corrected chi connectivity index (χ4v) is 2.94. The Morgan fingerprint density at radius 3 is 2.53 bits per heavy atom. The van der Waals surface area contributed by atoms with E-state index < -0.39 is 0 Å². The zero-order valence-corrected chi connectivity index (χ0v) is 13.1. The van der Waals surface area contributed by atoms with E-state index in [0.29, 0.717) is 12.1 Å². The smallest absolute Gasteiger partial charge is 0.0446 e. The maximum absolute atomic E-state index is 9.16. The fourth-order valence-electron chi connectivity index (χ4n) is 2.94. The molecule has 19 heavy (non-hydrogen) atoms. The van der Waals surface area contributed by atoms with Crippen molar-refractivity contribution in [2.45, 2.75) is 51.6 Å². The molecular weight excluding hydrogens is 238 g/mol. The number of aliphatic hydroxyl groups is 1. The van der Waals surface area contributed by atoms with Crippen molar-refractivity contribution < 1.29 is 5.11 Å². The molecule has 1 heterocycles. The molecule has 1 fully saturated rings. The molecule has 0 aliphatic carbocycles. The van der Waals surface area contributed by atoms with Gasteiger partial charge in [0.05, 0.1) is 0 Å². The highest BCUT2D eigenvalue weighted by molar-refractivity contribution is 4.80. The lowest BCUT2D eigenvalue weighted by atomic mass is 10.0. The monoisotopic (exact) mass is 271 g/mol. The molecule has 1 aliphatic rings. The maximum Gasteiger partial charge on any atom is 0.0446 e. The highest BCUT2D eigenvalue weighted by Crippen LogP contribution is 2.15. The number of likely N-dealkylation sites (tertiary alicyclic amines) is 1. The van der Waals surface area contributed by atoms with Crippen molar-refractivity contribution in [3.05, 3.63) is 0 Å². The molecule has 2 N–H and O–H groups in total. The largest absolute Gasteiger partial charge is 0.396 e. The van der Waals surface area contributed by atoms with Crippen molar-refractivity contribution >= 4 is 0 Å². The van der Waals surface area contributed by atoms with E-state index in [4.69, 9.17) is 5.11 Å². The number of nitrogens with one attached hydrogen (secondary N) is 1. The molecule has 1 saturated heterocycles. The van der Waals surface area contributed by atoms with Gasteiger partial charge in [-0.3, -0.25) is 0 Å². The second-order valence-electron chi connectivity index (χ2n) is 5.77. The van der Waals surface area contributed by atoms with Crippen LogP contribution < -0.4 is 5.32 Å². The Balaban J connectivity index is 2.32. The third-order valence-corrected chi connectivity index (χ3v) is 4.30. The summed E-state index contributed by atoms with van der Waals surface area (Å²) in [6.45, 7) is 10.5. The molecule has 0 aromatic heterocycles. The lowest BCUT2D eigenvalue weighted by molar-refractivity contribution is 0.118. The van der Waals surface area contributed by atoms with Gasteiger partial charge in [0.15, 0.2) is 0 Å². The minimum atomic E-state index is 0.281. The SMILES string of the molecule is CCCNC(CCO)CN(C)C1CCN(CC)CC1. The van der Waals surface area contributed by atoms with E-state index in [0.717, 1.165) is 25.9 Å². The third kappa shape index (κ3) is 6.21. The molecule has 114 valence electrons. The lowest BCUT2D eigenvalue weighted by Crippen LogP contribution is -2.48. The summed E-state index contributed by atoms with van der Waals surface area (Å²) in [4.78, 5) is 5.03. The molecule has 4 nitrogen and oxygen atoms in total. The van der Waals surface area contributed by atoms with Crippen LogP contribution in [-0.2, 0) is 0 Å². The van der Waals surface area contributed by atoms with Crippen LogP contribution in [0.25, 0.3) is 0 Å². The van der Waals surface area contributed by atoms with E-state index >= 15 is 0 Å². The van der Waals surface area contributed by atoms with Gasteiger partial charge >= 0.3 is 0 Å². The summed E-state index contributed by atoms with van der Waals surface area (Å²) in [7, 11) is 2.24. The van der Waals surface area contributed by atoms with Gasteiger partial charge in [-0.2, -0.15) is 0 Å². The van der Waals surface area contributed by atoms with Crippen molar-refractivity contribution in [1.82, 2.24) is 15.1 Å². The van der Waals surface area contributed by atoms with E-state index in [9.17, 15) is 0 Å². The van der Waals surface area contributed by atoms with E-state index in [2.05, 4.69) is 36.0 Å². The number of hydrogen-bond acceptors (Lipinski definition) is 4. The van der Waals surface area contributed by atoms with Crippen molar-refractivity contribution in [1.29, 1.82) is 0 Å². The summed E-state index contributed by atoms with van der Waals surface area (Å²) in [6, 6.07) is 1.14. The fraction of sp³-hybridized carbons (Fsp3) is 1.00. The quantitative estimate of drug-likeness (QED) is 0.660. The van der Waals surface area contributed by atoms with Crippen LogP contribution in [-0.4, -0.2) is 73.4 Å². The number of aliphatic hydroxyl groups excluding tert-OH is 1. The molecule has 0 bridgehead atoms. The number of nitrogens with zero attached hydrogens (tertiary/aromatic N) is 2. The van der Waals surface area contributed by atoms with E-state index in [1.54, 1.807) is 0 Å². The Labute approximate surface area is 119 Å². The second-order valence-corrected chi connectivity index (χ2v) is 5.77. The van der Waals surface area contributed by atoms with Gasteiger partial charge in [0.25, 0.3) is 0 Å². The Hall–Kier alpha value is -0.160. The Morgan fingerprint density at radius 1 is 1.32 bits per heavy atom. The van der Waals surface area contributed by atoms with Gasteiger partial charge in [-0.1, -0.05) is 13.8 Å². The van der Waals surface area contributed by atoms with Gasteiger partial charge in [-0.25, -0.2) is 0 Å². The minimum Gasteiger partial charge on any atom is -0.396 e. The molecule has 1 unspecified atom stereocenters. The predicted octanol–water partition coefficient (Wildman–Crippen LogP) is 1.15. The van der Waals surface area contributed by atoms with Crippen LogP contribution in [0.3, 0.4) is 0 Å². The Kier molecular flexibility index (Phi) is 8.62. The summed E-state index contributed by atoms with van der Waals surface area (Å²) in [6.07, 6.45) is 4.58. The van der Waals surface area contributed by atoms with Gasteiger partial charge in [0.2, 0.25) is 0 Å². The molecule has 1 atom stereocenters. The van der Waals surface area contributed by atoms with Crippen LogP contribution in [0.15, 0.2) is 0 Å². The van der Waals surface area contributed by atoms with Crippen LogP contribution in [0.2, 0.25) is 0 Å². The summed E-state index contributed by atoms with van der Waals surface area (Å²) in [5, 5.41) is 12.7. The Bertz CT molecular complexity index is 217. The van der Waals surface area contributed by atoms with Gasteiger partial charge in [-0.05, 0) is 58.9 Å².